The van der Waals surface area contributed by atoms with Gasteiger partial charge in [0.2, 0.25) is 5.91 Å². The number of amides is 2. The molecular formula is C18H16Cl2N2O2. The molecule has 2 aromatic rings. The second kappa shape index (κ2) is 6.83. The van der Waals surface area contributed by atoms with E-state index in [1.165, 1.54) is 0 Å². The summed E-state index contributed by atoms with van der Waals surface area (Å²) in [5, 5.41) is 3.86. The van der Waals surface area contributed by atoms with Crippen molar-refractivity contribution in [3.05, 3.63) is 57.6 Å². The first-order valence-electron chi connectivity index (χ1n) is 7.63. The van der Waals surface area contributed by atoms with Gasteiger partial charge in [-0.3, -0.25) is 9.59 Å². The molecule has 24 heavy (non-hydrogen) atoms. The Morgan fingerprint density at radius 2 is 1.96 bits per heavy atom. The molecule has 1 fully saturated rings. The first kappa shape index (κ1) is 16.8. The number of rotatable bonds is 3. The lowest BCUT2D eigenvalue weighted by Gasteiger charge is -2.18. The Morgan fingerprint density at radius 3 is 2.67 bits per heavy atom. The molecule has 0 unspecified atom stereocenters. The van der Waals surface area contributed by atoms with Crippen LogP contribution in [0.4, 0.5) is 11.4 Å². The first-order chi connectivity index (χ1) is 11.5. The molecule has 2 amide bonds. The van der Waals surface area contributed by atoms with Crippen molar-refractivity contribution in [1.29, 1.82) is 0 Å². The molecule has 1 saturated heterocycles. The third-order valence-electron chi connectivity index (χ3n) is 4.02. The Morgan fingerprint density at radius 1 is 1.17 bits per heavy atom. The predicted octanol–water partition coefficient (Wildman–Crippen LogP) is 4.68. The third-order valence-corrected chi connectivity index (χ3v) is 4.58. The highest BCUT2D eigenvalue weighted by atomic mass is 35.5. The van der Waals surface area contributed by atoms with Gasteiger partial charge in [0, 0.05) is 29.2 Å². The van der Waals surface area contributed by atoms with Crippen LogP contribution in [-0.2, 0) is 4.79 Å². The number of nitrogens with zero attached hydrogens (tertiary/aromatic N) is 1. The largest absolute Gasteiger partial charge is 0.322 e. The maximum Gasteiger partial charge on any atom is 0.255 e. The van der Waals surface area contributed by atoms with Crippen LogP contribution in [0.3, 0.4) is 0 Å². The van der Waals surface area contributed by atoms with Gasteiger partial charge in [-0.15, -0.1) is 0 Å². The normalized spacial score (nSPS) is 14.1. The van der Waals surface area contributed by atoms with Gasteiger partial charge in [0.1, 0.15) is 0 Å². The highest BCUT2D eigenvalue weighted by molar-refractivity contribution is 6.34. The van der Waals surface area contributed by atoms with Crippen molar-refractivity contribution < 1.29 is 9.59 Å². The van der Waals surface area contributed by atoms with E-state index in [-0.39, 0.29) is 11.8 Å². The topological polar surface area (TPSA) is 49.4 Å². The van der Waals surface area contributed by atoms with E-state index in [0.29, 0.717) is 39.9 Å². The van der Waals surface area contributed by atoms with Gasteiger partial charge in [0.15, 0.2) is 0 Å². The fourth-order valence-electron chi connectivity index (χ4n) is 2.69. The Bertz CT molecular complexity index is 821. The summed E-state index contributed by atoms with van der Waals surface area (Å²) in [6.45, 7) is 2.51. The molecule has 0 bridgehead atoms. The van der Waals surface area contributed by atoms with Crippen LogP contribution >= 0.6 is 23.2 Å². The maximum absolute atomic E-state index is 12.5. The number of nitrogens with one attached hydrogen (secondary N) is 1. The number of carbonyl (C=O) groups excluding carboxylic acids is 2. The molecule has 0 aromatic heterocycles. The number of anilines is 2. The minimum Gasteiger partial charge on any atom is -0.322 e. The lowest BCUT2D eigenvalue weighted by Crippen LogP contribution is -2.24. The Balaban J connectivity index is 1.88. The van der Waals surface area contributed by atoms with E-state index in [1.54, 1.807) is 35.2 Å². The summed E-state index contributed by atoms with van der Waals surface area (Å²) in [4.78, 5) is 26.1. The molecule has 0 spiro atoms. The Labute approximate surface area is 150 Å². The molecule has 3 rings (SSSR count). The van der Waals surface area contributed by atoms with E-state index in [2.05, 4.69) is 5.32 Å². The molecule has 0 atom stereocenters. The molecule has 6 heteroatoms. The van der Waals surface area contributed by atoms with Crippen molar-refractivity contribution >= 4 is 46.4 Å². The lowest BCUT2D eigenvalue weighted by atomic mass is 10.1. The van der Waals surface area contributed by atoms with Crippen LogP contribution in [0, 0.1) is 6.92 Å². The van der Waals surface area contributed by atoms with Crippen molar-refractivity contribution in [2.45, 2.75) is 19.8 Å². The zero-order valence-electron chi connectivity index (χ0n) is 13.1. The Hall–Kier alpha value is -2.04. The molecule has 0 aliphatic carbocycles. The van der Waals surface area contributed by atoms with Gasteiger partial charge < -0.3 is 10.2 Å². The third kappa shape index (κ3) is 3.40. The smallest absolute Gasteiger partial charge is 0.255 e. The van der Waals surface area contributed by atoms with Crippen molar-refractivity contribution in [1.82, 2.24) is 0 Å². The number of hydrogen-bond donors (Lipinski definition) is 1. The number of carbonyl (C=O) groups is 2. The molecule has 1 heterocycles. The highest BCUT2D eigenvalue weighted by Crippen LogP contribution is 2.31. The molecule has 4 nitrogen and oxygen atoms in total. The molecule has 124 valence electrons. The minimum atomic E-state index is -0.273. The minimum absolute atomic E-state index is 0.0279. The van der Waals surface area contributed by atoms with Crippen molar-refractivity contribution in [2.75, 3.05) is 16.8 Å². The van der Waals surface area contributed by atoms with Crippen LogP contribution in [-0.4, -0.2) is 18.4 Å². The molecule has 1 aliphatic rings. The van der Waals surface area contributed by atoms with Crippen molar-refractivity contribution in [3.63, 3.8) is 0 Å². The summed E-state index contributed by atoms with van der Waals surface area (Å²) in [6.07, 6.45) is 1.31. The van der Waals surface area contributed by atoms with E-state index in [9.17, 15) is 9.59 Å². The molecule has 0 radical (unpaired) electrons. The van der Waals surface area contributed by atoms with E-state index in [1.807, 2.05) is 13.0 Å². The molecular weight excluding hydrogens is 347 g/mol. The lowest BCUT2D eigenvalue weighted by molar-refractivity contribution is -0.117. The van der Waals surface area contributed by atoms with Gasteiger partial charge in [-0.05, 0) is 49.2 Å². The van der Waals surface area contributed by atoms with Crippen molar-refractivity contribution in [3.8, 4) is 0 Å². The summed E-state index contributed by atoms with van der Waals surface area (Å²) in [6, 6.07) is 10.3. The summed E-state index contributed by atoms with van der Waals surface area (Å²) < 4.78 is 0. The highest BCUT2D eigenvalue weighted by Gasteiger charge is 2.24. The number of benzene rings is 2. The average Bonchev–Trinajstić information content (AvgIpc) is 2.97. The predicted molar refractivity (Wildman–Crippen MR) is 97.2 cm³/mol. The van der Waals surface area contributed by atoms with Gasteiger partial charge >= 0.3 is 0 Å². The van der Waals surface area contributed by atoms with Crippen LogP contribution in [0.2, 0.25) is 10.0 Å². The van der Waals surface area contributed by atoms with Gasteiger partial charge in [0.05, 0.1) is 10.7 Å². The Kier molecular flexibility index (Phi) is 4.78. The number of halogens is 2. The quantitative estimate of drug-likeness (QED) is 0.861. The summed E-state index contributed by atoms with van der Waals surface area (Å²) in [5.74, 6) is -0.245. The van der Waals surface area contributed by atoms with Gasteiger partial charge in [0.25, 0.3) is 5.91 Å². The van der Waals surface area contributed by atoms with Gasteiger partial charge in [-0.1, -0.05) is 29.3 Å². The average molecular weight is 363 g/mol. The van der Waals surface area contributed by atoms with Crippen molar-refractivity contribution in [2.24, 2.45) is 0 Å². The SMILES string of the molecule is Cc1ccc(Cl)cc1NC(=O)c1ccc(Cl)c(N2CCCC2=O)c1. The monoisotopic (exact) mass is 362 g/mol. The molecule has 1 N–H and O–H groups in total. The van der Waals surface area contributed by atoms with Gasteiger partial charge in [-0.2, -0.15) is 0 Å². The zero-order valence-corrected chi connectivity index (χ0v) is 14.6. The summed E-state index contributed by atoms with van der Waals surface area (Å²) in [5.41, 5.74) is 2.58. The van der Waals surface area contributed by atoms with Crippen LogP contribution in [0.1, 0.15) is 28.8 Å². The molecule has 2 aromatic carbocycles. The zero-order chi connectivity index (χ0) is 17.3. The number of hydrogen-bond acceptors (Lipinski definition) is 2. The maximum atomic E-state index is 12.5. The van der Waals surface area contributed by atoms with E-state index in [4.69, 9.17) is 23.2 Å². The standard InChI is InChI=1S/C18H16Cl2N2O2/c1-11-4-6-13(19)10-15(11)21-18(24)12-5-7-14(20)16(9-12)22-8-2-3-17(22)23/h4-7,9-10H,2-3,8H2,1H3,(H,21,24). The summed E-state index contributed by atoms with van der Waals surface area (Å²) in [7, 11) is 0. The van der Waals surface area contributed by atoms with Gasteiger partial charge in [-0.25, -0.2) is 0 Å². The molecule has 0 saturated carbocycles. The fraction of sp³-hybridized carbons (Fsp3) is 0.222. The van der Waals surface area contributed by atoms with Crippen LogP contribution in [0.5, 0.6) is 0 Å². The number of aryl methyl sites for hydroxylation is 1. The van der Waals surface area contributed by atoms with E-state index in [0.717, 1.165) is 12.0 Å². The van der Waals surface area contributed by atoms with E-state index >= 15 is 0 Å². The summed E-state index contributed by atoms with van der Waals surface area (Å²) >= 11 is 12.2. The van der Waals surface area contributed by atoms with Crippen LogP contribution in [0.15, 0.2) is 36.4 Å². The first-order valence-corrected chi connectivity index (χ1v) is 8.39. The van der Waals surface area contributed by atoms with Crippen LogP contribution in [0.25, 0.3) is 0 Å². The van der Waals surface area contributed by atoms with Crippen LogP contribution < -0.4 is 10.2 Å². The fourth-order valence-corrected chi connectivity index (χ4v) is 3.08. The second-order valence-electron chi connectivity index (χ2n) is 5.73. The molecule has 1 aliphatic heterocycles. The van der Waals surface area contributed by atoms with E-state index < -0.39 is 0 Å². The second-order valence-corrected chi connectivity index (χ2v) is 6.57.